The van der Waals surface area contributed by atoms with E-state index in [0.29, 0.717) is 19.6 Å². The van der Waals surface area contributed by atoms with E-state index in [9.17, 15) is 9.59 Å². The van der Waals surface area contributed by atoms with E-state index in [1.807, 2.05) is 6.92 Å². The number of nitrogens with one attached hydrogen (secondary N) is 2. The molecule has 0 aliphatic carbocycles. The molecule has 0 spiro atoms. The summed E-state index contributed by atoms with van der Waals surface area (Å²) in [5.41, 5.74) is 0. The van der Waals surface area contributed by atoms with Crippen LogP contribution in [0.3, 0.4) is 0 Å². The first-order valence-corrected chi connectivity index (χ1v) is 6.37. The van der Waals surface area contributed by atoms with Crippen LogP contribution in [0.4, 0.5) is 4.79 Å². The lowest BCUT2D eigenvalue weighted by Crippen LogP contribution is -2.46. The molecule has 0 aromatic heterocycles. The van der Waals surface area contributed by atoms with Crippen LogP contribution in [0.15, 0.2) is 0 Å². The summed E-state index contributed by atoms with van der Waals surface area (Å²) in [5.74, 6) is -1.27. The van der Waals surface area contributed by atoms with E-state index < -0.39 is 11.9 Å². The topological polar surface area (TPSA) is 87.7 Å². The van der Waals surface area contributed by atoms with Crippen LogP contribution in [0, 0.1) is 5.92 Å². The number of urea groups is 1. The average Bonchev–Trinajstić information content (AvgIpc) is 2.28. The lowest BCUT2D eigenvalue weighted by molar-refractivity contribution is -0.141. The van der Waals surface area contributed by atoms with E-state index in [-0.39, 0.29) is 18.2 Å². The standard InChI is InChI=1S/C12H22N2O4/c1-8(11(15)16)3-5-13-12(17)14-10-4-6-18-9(2)7-10/h8-10H,3-7H2,1-2H3,(H,15,16)(H2,13,14,17). The summed E-state index contributed by atoms with van der Waals surface area (Å²) in [6, 6.07) is -0.0858. The first-order chi connectivity index (χ1) is 8.49. The number of rotatable bonds is 5. The highest BCUT2D eigenvalue weighted by Crippen LogP contribution is 2.12. The average molecular weight is 258 g/mol. The smallest absolute Gasteiger partial charge is 0.315 e. The van der Waals surface area contributed by atoms with Crippen LogP contribution in [0.1, 0.15) is 33.1 Å². The van der Waals surface area contributed by atoms with E-state index in [4.69, 9.17) is 9.84 Å². The Morgan fingerprint density at radius 3 is 2.83 bits per heavy atom. The molecule has 3 N–H and O–H groups in total. The van der Waals surface area contributed by atoms with E-state index >= 15 is 0 Å². The third-order valence-corrected chi connectivity index (χ3v) is 3.10. The van der Waals surface area contributed by atoms with Gasteiger partial charge in [0.15, 0.2) is 0 Å². The van der Waals surface area contributed by atoms with Crippen molar-refractivity contribution in [1.29, 1.82) is 0 Å². The Morgan fingerprint density at radius 2 is 2.22 bits per heavy atom. The van der Waals surface area contributed by atoms with Gasteiger partial charge in [0.25, 0.3) is 0 Å². The van der Waals surface area contributed by atoms with Crippen LogP contribution in [0.2, 0.25) is 0 Å². The molecule has 3 unspecified atom stereocenters. The minimum Gasteiger partial charge on any atom is -0.481 e. The predicted octanol–water partition coefficient (Wildman–Crippen LogP) is 0.964. The minimum absolute atomic E-state index is 0.144. The number of carbonyl (C=O) groups excluding carboxylic acids is 1. The van der Waals surface area contributed by atoms with Crippen LogP contribution in [0.25, 0.3) is 0 Å². The van der Waals surface area contributed by atoms with Gasteiger partial charge in [-0.25, -0.2) is 4.79 Å². The van der Waals surface area contributed by atoms with Crippen molar-refractivity contribution in [3.8, 4) is 0 Å². The number of carbonyl (C=O) groups is 2. The Kier molecular flexibility index (Phi) is 5.91. The second-order valence-corrected chi connectivity index (χ2v) is 4.83. The third kappa shape index (κ3) is 5.35. The molecule has 1 rings (SSSR count). The molecule has 1 aliphatic heterocycles. The number of hydrogen-bond acceptors (Lipinski definition) is 3. The zero-order valence-corrected chi connectivity index (χ0v) is 10.9. The number of hydrogen-bond donors (Lipinski definition) is 3. The van der Waals surface area contributed by atoms with Gasteiger partial charge in [-0.2, -0.15) is 0 Å². The van der Waals surface area contributed by atoms with E-state index in [0.717, 1.165) is 12.8 Å². The van der Waals surface area contributed by atoms with Gasteiger partial charge >= 0.3 is 12.0 Å². The van der Waals surface area contributed by atoms with Crippen molar-refractivity contribution in [3.63, 3.8) is 0 Å². The van der Waals surface area contributed by atoms with Crippen molar-refractivity contribution < 1.29 is 19.4 Å². The van der Waals surface area contributed by atoms with Gasteiger partial charge in [0.2, 0.25) is 0 Å². The van der Waals surface area contributed by atoms with Crippen molar-refractivity contribution in [3.05, 3.63) is 0 Å². The van der Waals surface area contributed by atoms with E-state index in [1.54, 1.807) is 6.92 Å². The highest BCUT2D eigenvalue weighted by molar-refractivity contribution is 5.74. The van der Waals surface area contributed by atoms with Crippen molar-refractivity contribution in [2.75, 3.05) is 13.2 Å². The molecule has 1 saturated heterocycles. The van der Waals surface area contributed by atoms with Crippen LogP contribution in [0.5, 0.6) is 0 Å². The molecule has 0 aromatic rings. The molecular weight excluding hydrogens is 236 g/mol. The Labute approximate surface area is 107 Å². The first kappa shape index (κ1) is 14.8. The lowest BCUT2D eigenvalue weighted by Gasteiger charge is -2.27. The van der Waals surface area contributed by atoms with Crippen LogP contribution >= 0.6 is 0 Å². The highest BCUT2D eigenvalue weighted by atomic mass is 16.5. The fourth-order valence-electron chi connectivity index (χ4n) is 1.89. The maximum absolute atomic E-state index is 11.6. The summed E-state index contributed by atoms with van der Waals surface area (Å²) < 4.78 is 5.39. The summed E-state index contributed by atoms with van der Waals surface area (Å²) in [5, 5.41) is 14.2. The second-order valence-electron chi connectivity index (χ2n) is 4.83. The van der Waals surface area contributed by atoms with Gasteiger partial charge in [0.1, 0.15) is 0 Å². The molecule has 6 nitrogen and oxygen atoms in total. The number of carboxylic acid groups (broad SMARTS) is 1. The van der Waals surface area contributed by atoms with Gasteiger partial charge in [-0.15, -0.1) is 0 Å². The Bertz CT molecular complexity index is 296. The summed E-state index contributed by atoms with van der Waals surface area (Å²) in [6.07, 6.45) is 2.26. The van der Waals surface area contributed by atoms with Gasteiger partial charge in [0.05, 0.1) is 12.0 Å². The van der Waals surface area contributed by atoms with Gasteiger partial charge in [-0.05, 0) is 26.2 Å². The summed E-state index contributed by atoms with van der Waals surface area (Å²) in [7, 11) is 0. The zero-order chi connectivity index (χ0) is 13.5. The molecule has 1 heterocycles. The molecule has 6 heteroatoms. The molecule has 104 valence electrons. The monoisotopic (exact) mass is 258 g/mol. The molecule has 1 aliphatic rings. The van der Waals surface area contributed by atoms with Gasteiger partial charge in [0, 0.05) is 19.2 Å². The summed E-state index contributed by atoms with van der Waals surface area (Å²) in [6.45, 7) is 4.66. The fraction of sp³-hybridized carbons (Fsp3) is 0.833. The van der Waals surface area contributed by atoms with Crippen LogP contribution in [-0.2, 0) is 9.53 Å². The number of ether oxygens (including phenoxy) is 1. The molecule has 3 atom stereocenters. The third-order valence-electron chi connectivity index (χ3n) is 3.10. The molecule has 0 radical (unpaired) electrons. The molecule has 18 heavy (non-hydrogen) atoms. The summed E-state index contributed by atoms with van der Waals surface area (Å²) >= 11 is 0. The van der Waals surface area contributed by atoms with Crippen LogP contribution < -0.4 is 10.6 Å². The Morgan fingerprint density at radius 1 is 1.50 bits per heavy atom. The SMILES string of the molecule is CC1CC(NC(=O)NCCC(C)C(=O)O)CCO1. The highest BCUT2D eigenvalue weighted by Gasteiger charge is 2.20. The molecular formula is C12H22N2O4. The second kappa shape index (κ2) is 7.20. The minimum atomic E-state index is -0.838. The van der Waals surface area contributed by atoms with Crippen molar-refractivity contribution in [2.24, 2.45) is 5.92 Å². The Balaban J connectivity index is 2.15. The maximum atomic E-state index is 11.6. The number of amides is 2. The zero-order valence-electron chi connectivity index (χ0n) is 10.9. The molecule has 1 fully saturated rings. The van der Waals surface area contributed by atoms with Crippen molar-refractivity contribution in [1.82, 2.24) is 10.6 Å². The molecule has 0 saturated carbocycles. The van der Waals surface area contributed by atoms with Gasteiger partial charge in [-0.3, -0.25) is 4.79 Å². The first-order valence-electron chi connectivity index (χ1n) is 6.37. The normalized spacial score (nSPS) is 25.2. The predicted molar refractivity (Wildman–Crippen MR) is 66.4 cm³/mol. The lowest BCUT2D eigenvalue weighted by atomic mass is 10.0. The molecule has 2 amide bonds. The fourth-order valence-corrected chi connectivity index (χ4v) is 1.89. The maximum Gasteiger partial charge on any atom is 0.315 e. The summed E-state index contributed by atoms with van der Waals surface area (Å²) in [4.78, 5) is 22.1. The van der Waals surface area contributed by atoms with Crippen molar-refractivity contribution in [2.45, 2.75) is 45.3 Å². The van der Waals surface area contributed by atoms with Crippen LogP contribution in [-0.4, -0.2) is 42.4 Å². The van der Waals surface area contributed by atoms with Gasteiger partial charge < -0.3 is 20.5 Å². The largest absolute Gasteiger partial charge is 0.481 e. The van der Waals surface area contributed by atoms with Gasteiger partial charge in [-0.1, -0.05) is 6.92 Å². The molecule has 0 bridgehead atoms. The number of aliphatic carboxylic acids is 1. The quantitative estimate of drug-likeness (QED) is 0.685. The number of carboxylic acids is 1. The molecule has 0 aromatic carbocycles. The van der Waals surface area contributed by atoms with E-state index in [2.05, 4.69) is 10.6 Å². The van der Waals surface area contributed by atoms with Crippen molar-refractivity contribution >= 4 is 12.0 Å². The Hall–Kier alpha value is -1.30. The van der Waals surface area contributed by atoms with E-state index in [1.165, 1.54) is 0 Å².